The Morgan fingerprint density at radius 3 is 2.44 bits per heavy atom. The highest BCUT2D eigenvalue weighted by Gasteiger charge is 2.31. The molecule has 5 nitrogen and oxygen atoms in total. The average Bonchev–Trinajstić information content (AvgIpc) is 3.09. The topological polar surface area (TPSA) is 37.2 Å². The van der Waals surface area contributed by atoms with Crippen LogP contribution in [0, 0.1) is 5.82 Å². The normalized spacial score (nSPS) is 19.4. The smallest absolute Gasteiger partial charge is 0.150 e. The third-order valence-corrected chi connectivity index (χ3v) is 7.08. The van der Waals surface area contributed by atoms with Crippen LogP contribution in [0.25, 0.3) is 0 Å². The van der Waals surface area contributed by atoms with E-state index in [9.17, 15) is 4.39 Å². The Morgan fingerprint density at radius 2 is 1.69 bits per heavy atom. The number of halogens is 1. The van der Waals surface area contributed by atoms with Gasteiger partial charge in [0.2, 0.25) is 0 Å². The summed E-state index contributed by atoms with van der Waals surface area (Å²) in [5.74, 6) is 0.804. The van der Waals surface area contributed by atoms with Crippen molar-refractivity contribution in [1.82, 2.24) is 24.6 Å². The molecule has 1 aliphatic carbocycles. The van der Waals surface area contributed by atoms with Crippen molar-refractivity contribution in [3.63, 3.8) is 0 Å². The molecule has 0 spiro atoms. The van der Waals surface area contributed by atoms with Crippen molar-refractivity contribution in [2.75, 3.05) is 26.2 Å². The molecule has 2 heterocycles. The number of benzene rings is 2. The third kappa shape index (κ3) is 4.92. The fraction of sp³-hybridized carbons (Fsp3) is 0.462. The first-order valence-electron chi connectivity index (χ1n) is 11.9. The molecule has 0 radical (unpaired) electrons. The Morgan fingerprint density at radius 1 is 0.875 bits per heavy atom. The van der Waals surface area contributed by atoms with Crippen LogP contribution < -0.4 is 0 Å². The minimum atomic E-state index is -0.191. The molecule has 2 aromatic carbocycles. The molecule has 168 valence electrons. The number of hydrogen-bond acceptors (Lipinski definition) is 4. The van der Waals surface area contributed by atoms with Crippen LogP contribution in [0.2, 0.25) is 0 Å². The molecule has 0 N–H and O–H groups in total. The Balaban J connectivity index is 1.40. The standard InChI is InChI=1S/C26H32FN5/c27-23-12-10-21(11-13-23)18-25(31-15-5-14-30(16-17-31)24-8-4-9-24)26-29-28-20-32(26)19-22-6-2-1-3-7-22/h1-3,6-7,10-13,20,24-25H,4-5,8-9,14-19H2. The van der Waals surface area contributed by atoms with Gasteiger partial charge < -0.3 is 4.57 Å². The predicted octanol–water partition coefficient (Wildman–Crippen LogP) is 4.31. The largest absolute Gasteiger partial charge is 0.312 e. The quantitative estimate of drug-likeness (QED) is 0.556. The number of hydrogen-bond donors (Lipinski definition) is 0. The number of aromatic nitrogens is 3. The minimum Gasteiger partial charge on any atom is -0.312 e. The summed E-state index contributed by atoms with van der Waals surface area (Å²) in [6, 6.07) is 18.3. The molecule has 1 saturated carbocycles. The second-order valence-corrected chi connectivity index (χ2v) is 9.16. The van der Waals surface area contributed by atoms with Gasteiger partial charge in [0.1, 0.15) is 12.1 Å². The fourth-order valence-corrected chi connectivity index (χ4v) is 5.04. The summed E-state index contributed by atoms with van der Waals surface area (Å²) in [6.45, 7) is 5.12. The minimum absolute atomic E-state index is 0.119. The van der Waals surface area contributed by atoms with Gasteiger partial charge in [0.05, 0.1) is 12.6 Å². The molecule has 0 amide bonds. The van der Waals surface area contributed by atoms with E-state index >= 15 is 0 Å². The summed E-state index contributed by atoms with van der Waals surface area (Å²) in [4.78, 5) is 5.26. The molecule has 1 atom stereocenters. The molecule has 0 bridgehead atoms. The van der Waals surface area contributed by atoms with E-state index in [2.05, 4.69) is 48.8 Å². The van der Waals surface area contributed by atoms with Gasteiger partial charge in [0.25, 0.3) is 0 Å². The van der Waals surface area contributed by atoms with E-state index in [-0.39, 0.29) is 11.9 Å². The lowest BCUT2D eigenvalue weighted by Gasteiger charge is -2.37. The van der Waals surface area contributed by atoms with E-state index in [1.807, 2.05) is 24.5 Å². The molecule has 2 fully saturated rings. The van der Waals surface area contributed by atoms with Crippen molar-refractivity contribution in [2.24, 2.45) is 0 Å². The Kier molecular flexibility index (Phi) is 6.60. The average molecular weight is 434 g/mol. The van der Waals surface area contributed by atoms with Crippen LogP contribution in [-0.2, 0) is 13.0 Å². The molecule has 2 aliphatic rings. The first kappa shape index (κ1) is 21.3. The monoisotopic (exact) mass is 433 g/mol. The van der Waals surface area contributed by atoms with Crippen LogP contribution in [0.1, 0.15) is 48.7 Å². The highest BCUT2D eigenvalue weighted by atomic mass is 19.1. The maximum Gasteiger partial charge on any atom is 0.150 e. The maximum absolute atomic E-state index is 13.5. The lowest BCUT2D eigenvalue weighted by Crippen LogP contribution is -2.42. The van der Waals surface area contributed by atoms with Gasteiger partial charge in [-0.15, -0.1) is 10.2 Å². The summed E-state index contributed by atoms with van der Waals surface area (Å²) in [6.07, 6.45) is 7.90. The van der Waals surface area contributed by atoms with Crippen LogP contribution in [0.15, 0.2) is 60.9 Å². The van der Waals surface area contributed by atoms with Crippen molar-refractivity contribution in [2.45, 2.75) is 50.7 Å². The summed E-state index contributed by atoms with van der Waals surface area (Å²) >= 11 is 0. The summed E-state index contributed by atoms with van der Waals surface area (Å²) in [5, 5.41) is 8.89. The van der Waals surface area contributed by atoms with Crippen LogP contribution in [0.3, 0.4) is 0 Å². The van der Waals surface area contributed by atoms with Gasteiger partial charge >= 0.3 is 0 Å². The van der Waals surface area contributed by atoms with Crippen molar-refractivity contribution >= 4 is 0 Å². The zero-order valence-electron chi connectivity index (χ0n) is 18.6. The molecule has 32 heavy (non-hydrogen) atoms. The SMILES string of the molecule is Fc1ccc(CC(c2nncn2Cc2ccccc2)N2CCCN(C3CCC3)CC2)cc1. The number of nitrogens with zero attached hydrogens (tertiary/aromatic N) is 5. The Hall–Kier alpha value is -2.57. The zero-order chi connectivity index (χ0) is 21.8. The maximum atomic E-state index is 13.5. The van der Waals surface area contributed by atoms with Crippen molar-refractivity contribution in [1.29, 1.82) is 0 Å². The highest BCUT2D eigenvalue weighted by Crippen LogP contribution is 2.29. The summed E-state index contributed by atoms with van der Waals surface area (Å²) in [7, 11) is 0. The molecular formula is C26H32FN5. The lowest BCUT2D eigenvalue weighted by atomic mass is 9.91. The number of rotatable bonds is 7. The van der Waals surface area contributed by atoms with Gasteiger partial charge in [0.15, 0.2) is 5.82 Å². The van der Waals surface area contributed by atoms with Gasteiger partial charge in [-0.3, -0.25) is 9.80 Å². The lowest BCUT2D eigenvalue weighted by molar-refractivity contribution is 0.124. The van der Waals surface area contributed by atoms with Gasteiger partial charge in [-0.1, -0.05) is 48.9 Å². The molecule has 3 aromatic rings. The highest BCUT2D eigenvalue weighted by molar-refractivity contribution is 5.20. The van der Waals surface area contributed by atoms with Crippen LogP contribution in [-0.4, -0.2) is 56.8 Å². The molecule has 1 aliphatic heterocycles. The van der Waals surface area contributed by atoms with E-state index in [1.165, 1.54) is 37.8 Å². The summed E-state index contributed by atoms with van der Waals surface area (Å²) < 4.78 is 15.7. The fourth-order valence-electron chi connectivity index (χ4n) is 5.04. The Bertz CT molecular complexity index is 983. The van der Waals surface area contributed by atoms with E-state index < -0.39 is 0 Å². The van der Waals surface area contributed by atoms with E-state index in [0.717, 1.165) is 50.0 Å². The molecule has 5 rings (SSSR count). The van der Waals surface area contributed by atoms with E-state index in [1.54, 1.807) is 12.1 Å². The molecular weight excluding hydrogens is 401 g/mol. The third-order valence-electron chi connectivity index (χ3n) is 7.08. The van der Waals surface area contributed by atoms with E-state index in [4.69, 9.17) is 0 Å². The van der Waals surface area contributed by atoms with Crippen LogP contribution in [0.4, 0.5) is 4.39 Å². The van der Waals surface area contributed by atoms with Crippen LogP contribution in [0.5, 0.6) is 0 Å². The predicted molar refractivity (Wildman–Crippen MR) is 124 cm³/mol. The van der Waals surface area contributed by atoms with Gasteiger partial charge in [-0.25, -0.2) is 4.39 Å². The van der Waals surface area contributed by atoms with E-state index in [0.29, 0.717) is 0 Å². The molecule has 6 heteroatoms. The Labute approximate surface area is 189 Å². The second kappa shape index (κ2) is 9.92. The van der Waals surface area contributed by atoms with Gasteiger partial charge in [0, 0.05) is 25.7 Å². The first-order chi connectivity index (χ1) is 15.8. The zero-order valence-corrected chi connectivity index (χ0v) is 18.6. The first-order valence-corrected chi connectivity index (χ1v) is 11.9. The summed E-state index contributed by atoms with van der Waals surface area (Å²) in [5.41, 5.74) is 2.37. The second-order valence-electron chi connectivity index (χ2n) is 9.16. The molecule has 1 saturated heterocycles. The van der Waals surface area contributed by atoms with Crippen molar-refractivity contribution < 1.29 is 4.39 Å². The van der Waals surface area contributed by atoms with Crippen molar-refractivity contribution in [3.05, 3.63) is 83.7 Å². The molecule has 1 unspecified atom stereocenters. The van der Waals surface area contributed by atoms with Crippen LogP contribution >= 0.6 is 0 Å². The van der Waals surface area contributed by atoms with Gasteiger partial charge in [-0.05, 0) is 55.5 Å². The van der Waals surface area contributed by atoms with Gasteiger partial charge in [-0.2, -0.15) is 0 Å². The van der Waals surface area contributed by atoms with Crippen molar-refractivity contribution in [3.8, 4) is 0 Å². The molecule has 1 aromatic heterocycles.